The van der Waals surface area contributed by atoms with Crippen LogP contribution in [-0.4, -0.2) is 42.0 Å². The fourth-order valence-corrected chi connectivity index (χ4v) is 1.67. The second-order valence-electron chi connectivity index (χ2n) is 4.14. The maximum Gasteiger partial charge on any atom is 0.321 e. The van der Waals surface area contributed by atoms with Gasteiger partial charge in [-0.15, -0.1) is 0 Å². The molecule has 0 fully saturated rings. The van der Waals surface area contributed by atoms with Crippen molar-refractivity contribution >= 4 is 16.0 Å². The van der Waals surface area contributed by atoms with E-state index in [0.29, 0.717) is 0 Å². The fourth-order valence-electron chi connectivity index (χ4n) is 0.726. The predicted octanol–water partition coefficient (Wildman–Crippen LogP) is -0.460. The molecule has 0 spiro atoms. The van der Waals surface area contributed by atoms with Crippen LogP contribution in [0.4, 0.5) is 0 Å². The predicted molar refractivity (Wildman–Crippen MR) is 54.9 cm³/mol. The summed E-state index contributed by atoms with van der Waals surface area (Å²) in [5.41, 5.74) is 0. The van der Waals surface area contributed by atoms with Crippen LogP contribution < -0.4 is 4.72 Å². The van der Waals surface area contributed by atoms with Gasteiger partial charge in [-0.25, -0.2) is 13.1 Å². The van der Waals surface area contributed by atoms with Crippen molar-refractivity contribution in [2.24, 2.45) is 0 Å². The van der Waals surface area contributed by atoms with Crippen LogP contribution in [-0.2, 0) is 14.8 Å². The Morgan fingerprint density at radius 1 is 1.40 bits per heavy atom. The number of nitrogens with one attached hydrogen (secondary N) is 1. The van der Waals surface area contributed by atoms with E-state index >= 15 is 0 Å². The highest BCUT2D eigenvalue weighted by atomic mass is 32.2. The molecule has 0 saturated carbocycles. The molecule has 0 aliphatic carbocycles. The van der Waals surface area contributed by atoms with Gasteiger partial charge in [-0.1, -0.05) is 0 Å². The van der Waals surface area contributed by atoms with Gasteiger partial charge in [0.2, 0.25) is 10.0 Å². The highest BCUT2D eigenvalue weighted by Gasteiger charge is 2.33. The van der Waals surface area contributed by atoms with E-state index in [4.69, 9.17) is 10.2 Å². The van der Waals surface area contributed by atoms with E-state index in [1.807, 2.05) is 4.72 Å². The number of sulfonamides is 1. The quantitative estimate of drug-likeness (QED) is 0.602. The molecule has 90 valence electrons. The summed E-state index contributed by atoms with van der Waals surface area (Å²) in [5.74, 6) is -1.29. The van der Waals surface area contributed by atoms with E-state index in [1.54, 1.807) is 0 Å². The summed E-state index contributed by atoms with van der Waals surface area (Å²) in [4.78, 5) is 10.7. The number of carbonyl (C=O) groups is 1. The number of rotatable bonds is 5. The van der Waals surface area contributed by atoms with Crippen LogP contribution in [0.2, 0.25) is 0 Å². The number of carboxylic acids is 1. The molecule has 0 heterocycles. The molecule has 0 saturated heterocycles. The average Bonchev–Trinajstić information content (AvgIpc) is 2.00. The monoisotopic (exact) mass is 239 g/mol. The molecule has 7 heteroatoms. The Labute approximate surface area is 89.4 Å². The van der Waals surface area contributed by atoms with E-state index in [-0.39, 0.29) is 13.0 Å². The van der Waals surface area contributed by atoms with Crippen LogP contribution in [0.3, 0.4) is 0 Å². The Balaban J connectivity index is 4.76. The van der Waals surface area contributed by atoms with Crippen LogP contribution in [0.1, 0.15) is 27.2 Å². The van der Waals surface area contributed by atoms with Crippen LogP contribution in [0, 0.1) is 0 Å². The normalized spacial score (nSPS) is 14.9. The van der Waals surface area contributed by atoms with Crippen LogP contribution in [0.5, 0.6) is 0 Å². The molecule has 0 unspecified atom stereocenters. The van der Waals surface area contributed by atoms with Gasteiger partial charge < -0.3 is 10.2 Å². The molecule has 6 nitrogen and oxygen atoms in total. The summed E-state index contributed by atoms with van der Waals surface area (Å²) in [6.07, 6.45) is -0.148. The third-order valence-corrected chi connectivity index (χ3v) is 4.03. The summed E-state index contributed by atoms with van der Waals surface area (Å²) in [7, 11) is -3.71. The highest BCUT2D eigenvalue weighted by molar-refractivity contribution is 7.90. The maximum atomic E-state index is 11.6. The number of aliphatic hydroxyl groups excluding tert-OH is 1. The molecule has 15 heavy (non-hydrogen) atoms. The molecule has 0 bridgehead atoms. The number of aliphatic hydroxyl groups is 1. The molecule has 0 radical (unpaired) electrons. The minimum absolute atomic E-state index is 0.148. The van der Waals surface area contributed by atoms with E-state index in [9.17, 15) is 13.2 Å². The molecule has 0 aromatic heterocycles. The molecular weight excluding hydrogens is 222 g/mol. The van der Waals surface area contributed by atoms with Gasteiger partial charge >= 0.3 is 5.97 Å². The van der Waals surface area contributed by atoms with E-state index in [0.717, 1.165) is 0 Å². The van der Waals surface area contributed by atoms with Gasteiger partial charge in [-0.3, -0.25) is 4.79 Å². The number of hydrogen-bond acceptors (Lipinski definition) is 4. The Morgan fingerprint density at radius 2 is 1.87 bits per heavy atom. The average molecular weight is 239 g/mol. The fraction of sp³-hybridized carbons (Fsp3) is 0.875. The topological polar surface area (TPSA) is 104 Å². The first-order valence-corrected chi connectivity index (χ1v) is 5.95. The molecular formula is C8H17NO5S. The first kappa shape index (κ1) is 14.3. The maximum absolute atomic E-state index is 11.6. The highest BCUT2D eigenvalue weighted by Crippen LogP contribution is 2.14. The first-order chi connectivity index (χ1) is 6.62. The standard InChI is InChI=1S/C8H17NO5S/c1-8(2,3)15(13,14)9-6(4-5-10)7(11)12/h6,9-10H,4-5H2,1-3H3,(H,11,12)/t6-/m0/s1. The van der Waals surface area contributed by atoms with Crippen molar-refractivity contribution in [2.45, 2.75) is 38.0 Å². The van der Waals surface area contributed by atoms with Crippen molar-refractivity contribution in [3.8, 4) is 0 Å². The lowest BCUT2D eigenvalue weighted by Crippen LogP contribution is -2.48. The zero-order valence-corrected chi connectivity index (χ0v) is 9.84. The van der Waals surface area contributed by atoms with Crippen molar-refractivity contribution in [1.29, 1.82) is 0 Å². The van der Waals surface area contributed by atoms with Crippen molar-refractivity contribution in [2.75, 3.05) is 6.61 Å². The van der Waals surface area contributed by atoms with Crippen molar-refractivity contribution in [3.63, 3.8) is 0 Å². The minimum atomic E-state index is -3.71. The van der Waals surface area contributed by atoms with Crippen LogP contribution >= 0.6 is 0 Å². The van der Waals surface area contributed by atoms with Crippen molar-refractivity contribution in [3.05, 3.63) is 0 Å². The first-order valence-electron chi connectivity index (χ1n) is 4.47. The Bertz CT molecular complexity index is 316. The molecule has 1 atom stereocenters. The second kappa shape index (κ2) is 4.91. The Kier molecular flexibility index (Phi) is 4.69. The summed E-state index contributed by atoms with van der Waals surface area (Å²) in [6, 6.07) is -1.28. The van der Waals surface area contributed by atoms with Gasteiger partial charge in [0.05, 0.1) is 4.75 Å². The van der Waals surface area contributed by atoms with E-state index in [1.165, 1.54) is 20.8 Å². The summed E-state index contributed by atoms with van der Waals surface area (Å²) < 4.78 is 24.1. The van der Waals surface area contributed by atoms with Gasteiger partial charge in [0, 0.05) is 6.61 Å². The molecule has 0 aliphatic rings. The van der Waals surface area contributed by atoms with Crippen LogP contribution in [0.25, 0.3) is 0 Å². The lowest BCUT2D eigenvalue weighted by molar-refractivity contribution is -0.139. The number of carboxylic acid groups (broad SMARTS) is 1. The SMILES string of the molecule is CC(C)(C)S(=O)(=O)N[C@@H](CCO)C(=O)O. The Hall–Kier alpha value is -0.660. The number of hydrogen-bond donors (Lipinski definition) is 3. The molecule has 0 aliphatic heterocycles. The summed E-state index contributed by atoms with van der Waals surface area (Å²) >= 11 is 0. The lowest BCUT2D eigenvalue weighted by Gasteiger charge is -2.22. The molecule has 0 rings (SSSR count). The smallest absolute Gasteiger partial charge is 0.321 e. The summed E-state index contributed by atoms with van der Waals surface area (Å²) in [5, 5.41) is 17.3. The molecule has 0 aromatic rings. The van der Waals surface area contributed by atoms with Gasteiger partial charge in [-0.2, -0.15) is 0 Å². The second-order valence-corrected chi connectivity index (χ2v) is 6.60. The largest absolute Gasteiger partial charge is 0.480 e. The van der Waals surface area contributed by atoms with Gasteiger partial charge in [0.1, 0.15) is 6.04 Å². The molecule has 0 aromatic carbocycles. The zero-order valence-electron chi connectivity index (χ0n) is 9.02. The minimum Gasteiger partial charge on any atom is -0.480 e. The van der Waals surface area contributed by atoms with E-state index in [2.05, 4.69) is 0 Å². The van der Waals surface area contributed by atoms with E-state index < -0.39 is 26.8 Å². The van der Waals surface area contributed by atoms with Crippen molar-refractivity contribution < 1.29 is 23.4 Å². The van der Waals surface area contributed by atoms with Crippen LogP contribution in [0.15, 0.2) is 0 Å². The third-order valence-electron chi connectivity index (χ3n) is 1.82. The summed E-state index contributed by atoms with van der Waals surface area (Å²) in [6.45, 7) is 4.01. The molecule has 3 N–H and O–H groups in total. The number of aliphatic carboxylic acids is 1. The van der Waals surface area contributed by atoms with Crippen molar-refractivity contribution in [1.82, 2.24) is 4.72 Å². The molecule has 0 amide bonds. The van der Waals surface area contributed by atoms with Gasteiger partial charge in [0.15, 0.2) is 0 Å². The van der Waals surface area contributed by atoms with Gasteiger partial charge in [-0.05, 0) is 27.2 Å². The lowest BCUT2D eigenvalue weighted by atomic mass is 10.2. The Morgan fingerprint density at radius 3 is 2.13 bits per heavy atom. The third kappa shape index (κ3) is 4.15. The zero-order chi connectivity index (χ0) is 12.3. The van der Waals surface area contributed by atoms with Gasteiger partial charge in [0.25, 0.3) is 0 Å².